The molecular formula is C17H21F3N2O2. The van der Waals surface area contributed by atoms with Gasteiger partial charge in [0.05, 0.1) is 5.56 Å². The summed E-state index contributed by atoms with van der Waals surface area (Å²) in [5.41, 5.74) is 4.51. The van der Waals surface area contributed by atoms with E-state index < -0.39 is 29.0 Å². The van der Waals surface area contributed by atoms with Gasteiger partial charge in [-0.25, -0.2) is 0 Å². The van der Waals surface area contributed by atoms with Crippen LogP contribution in [0.3, 0.4) is 0 Å². The van der Waals surface area contributed by atoms with Gasteiger partial charge in [0.2, 0.25) is 11.8 Å². The number of amides is 2. The molecular weight excluding hydrogens is 321 g/mol. The Morgan fingerprint density at radius 2 is 2.00 bits per heavy atom. The minimum Gasteiger partial charge on any atom is -0.370 e. The summed E-state index contributed by atoms with van der Waals surface area (Å²) in [7, 11) is 0. The van der Waals surface area contributed by atoms with Crippen LogP contribution in [0.1, 0.15) is 43.7 Å². The minimum absolute atomic E-state index is 0.0532. The van der Waals surface area contributed by atoms with Crippen LogP contribution in [0.5, 0.6) is 0 Å². The number of rotatable bonds is 6. The lowest BCUT2D eigenvalue weighted by atomic mass is 9.64. The fourth-order valence-electron chi connectivity index (χ4n) is 3.02. The summed E-state index contributed by atoms with van der Waals surface area (Å²) in [6.07, 6.45) is -2.09. The van der Waals surface area contributed by atoms with Gasteiger partial charge in [0, 0.05) is 24.3 Å². The molecule has 2 amide bonds. The lowest BCUT2D eigenvalue weighted by Gasteiger charge is -2.43. The number of hydrogen-bond donors (Lipinski definition) is 2. The summed E-state index contributed by atoms with van der Waals surface area (Å²) in [6.45, 7) is 1.86. The van der Waals surface area contributed by atoms with E-state index in [-0.39, 0.29) is 18.9 Å². The van der Waals surface area contributed by atoms with Crippen LogP contribution in [-0.2, 0) is 21.2 Å². The van der Waals surface area contributed by atoms with Crippen molar-refractivity contribution in [3.05, 3.63) is 35.4 Å². The average Bonchev–Trinajstić information content (AvgIpc) is 2.44. The molecule has 3 N–H and O–H groups in total. The number of nitrogens with one attached hydrogen (secondary N) is 1. The molecule has 1 aliphatic carbocycles. The zero-order valence-corrected chi connectivity index (χ0v) is 13.5. The second-order valence-electron chi connectivity index (χ2n) is 6.50. The smallest absolute Gasteiger partial charge is 0.370 e. The van der Waals surface area contributed by atoms with Gasteiger partial charge in [-0.1, -0.05) is 31.5 Å². The molecule has 1 saturated carbocycles. The standard InChI is InChI=1S/C17H21F3N2O2/c1-11(8-14(21)23)15(24)22-10-16(6-3-7-16)12-4-2-5-13(9-12)17(18,19)20/h2,4-5,9,11H,3,6-8,10H2,1H3,(H2,21,23)(H,22,24)/t11-/m1/s1. The van der Waals surface area contributed by atoms with Gasteiger partial charge < -0.3 is 11.1 Å². The Balaban J connectivity index is 2.10. The van der Waals surface area contributed by atoms with E-state index >= 15 is 0 Å². The first-order valence-electron chi connectivity index (χ1n) is 7.88. The summed E-state index contributed by atoms with van der Waals surface area (Å²) in [5, 5.41) is 2.76. The van der Waals surface area contributed by atoms with E-state index in [2.05, 4.69) is 5.32 Å². The van der Waals surface area contributed by atoms with Crippen LogP contribution in [-0.4, -0.2) is 18.4 Å². The number of primary amides is 1. The molecule has 0 bridgehead atoms. The molecule has 1 aromatic rings. The van der Waals surface area contributed by atoms with Gasteiger partial charge in [0.25, 0.3) is 0 Å². The number of hydrogen-bond acceptors (Lipinski definition) is 2. The number of halogens is 3. The Bertz CT molecular complexity index is 625. The molecule has 1 atom stereocenters. The molecule has 7 heteroatoms. The van der Waals surface area contributed by atoms with Gasteiger partial charge in [-0.3, -0.25) is 9.59 Å². The molecule has 0 heterocycles. The summed E-state index contributed by atoms with van der Waals surface area (Å²) >= 11 is 0. The van der Waals surface area contributed by atoms with E-state index in [1.165, 1.54) is 6.07 Å². The molecule has 24 heavy (non-hydrogen) atoms. The van der Waals surface area contributed by atoms with Crippen molar-refractivity contribution in [1.29, 1.82) is 0 Å². The van der Waals surface area contributed by atoms with Crippen LogP contribution in [0.2, 0.25) is 0 Å². The largest absolute Gasteiger partial charge is 0.416 e. The number of carbonyl (C=O) groups is 2. The first-order chi connectivity index (χ1) is 11.1. The third-order valence-corrected chi connectivity index (χ3v) is 4.67. The number of carbonyl (C=O) groups excluding carboxylic acids is 2. The Kier molecular flexibility index (Phi) is 5.20. The van der Waals surface area contributed by atoms with E-state index in [1.807, 2.05) is 0 Å². The molecule has 1 fully saturated rings. The maximum atomic E-state index is 12.9. The second-order valence-corrected chi connectivity index (χ2v) is 6.50. The highest BCUT2D eigenvalue weighted by Crippen LogP contribution is 2.44. The first kappa shape index (κ1) is 18.3. The Labute approximate surface area is 138 Å². The molecule has 0 saturated heterocycles. The zero-order valence-electron chi connectivity index (χ0n) is 13.5. The molecule has 132 valence electrons. The predicted octanol–water partition coefficient (Wildman–Crippen LogP) is 2.75. The maximum absolute atomic E-state index is 12.9. The van der Waals surface area contributed by atoms with Crippen LogP contribution < -0.4 is 11.1 Å². The van der Waals surface area contributed by atoms with Gasteiger partial charge in [0.1, 0.15) is 0 Å². The fourth-order valence-corrected chi connectivity index (χ4v) is 3.02. The third-order valence-electron chi connectivity index (χ3n) is 4.67. The number of alkyl halides is 3. The molecule has 0 radical (unpaired) electrons. The van der Waals surface area contributed by atoms with Crippen molar-refractivity contribution >= 4 is 11.8 Å². The molecule has 1 aliphatic rings. The zero-order chi connectivity index (χ0) is 18.0. The second kappa shape index (κ2) is 6.83. The Hall–Kier alpha value is -2.05. The highest BCUT2D eigenvalue weighted by molar-refractivity contribution is 5.84. The summed E-state index contributed by atoms with van der Waals surface area (Å²) in [5.74, 6) is -1.43. The molecule has 0 spiro atoms. The van der Waals surface area contributed by atoms with Gasteiger partial charge in [-0.15, -0.1) is 0 Å². The molecule has 2 rings (SSSR count). The topological polar surface area (TPSA) is 72.2 Å². The highest BCUT2D eigenvalue weighted by atomic mass is 19.4. The van der Waals surface area contributed by atoms with E-state index in [1.54, 1.807) is 13.0 Å². The van der Waals surface area contributed by atoms with E-state index in [4.69, 9.17) is 5.73 Å². The molecule has 0 unspecified atom stereocenters. The van der Waals surface area contributed by atoms with Crippen molar-refractivity contribution in [3.63, 3.8) is 0 Å². The Morgan fingerprint density at radius 1 is 1.33 bits per heavy atom. The van der Waals surface area contributed by atoms with E-state index in [0.29, 0.717) is 5.56 Å². The first-order valence-corrected chi connectivity index (χ1v) is 7.88. The summed E-state index contributed by atoms with van der Waals surface area (Å²) in [6, 6.07) is 5.28. The van der Waals surface area contributed by atoms with Crippen LogP contribution in [0.15, 0.2) is 24.3 Å². The lowest BCUT2D eigenvalue weighted by molar-refractivity contribution is -0.137. The number of nitrogens with two attached hydrogens (primary N) is 1. The van der Waals surface area contributed by atoms with Gasteiger partial charge in [0.15, 0.2) is 0 Å². The highest BCUT2D eigenvalue weighted by Gasteiger charge is 2.40. The van der Waals surface area contributed by atoms with Crippen molar-refractivity contribution in [2.45, 2.75) is 44.2 Å². The van der Waals surface area contributed by atoms with Gasteiger partial charge >= 0.3 is 6.18 Å². The predicted molar refractivity (Wildman–Crippen MR) is 83.0 cm³/mol. The Morgan fingerprint density at radius 3 is 2.50 bits per heavy atom. The van der Waals surface area contributed by atoms with Crippen LogP contribution in [0, 0.1) is 5.92 Å². The van der Waals surface area contributed by atoms with Crippen LogP contribution in [0.4, 0.5) is 13.2 Å². The molecule has 0 aromatic heterocycles. The minimum atomic E-state index is -4.39. The van der Waals surface area contributed by atoms with E-state index in [0.717, 1.165) is 31.4 Å². The fraction of sp³-hybridized carbons (Fsp3) is 0.529. The van der Waals surface area contributed by atoms with Crippen molar-refractivity contribution in [1.82, 2.24) is 5.32 Å². The third kappa shape index (κ3) is 4.07. The monoisotopic (exact) mass is 342 g/mol. The van der Waals surface area contributed by atoms with Crippen LogP contribution >= 0.6 is 0 Å². The molecule has 4 nitrogen and oxygen atoms in total. The normalized spacial score (nSPS) is 17.7. The maximum Gasteiger partial charge on any atom is 0.416 e. The van der Waals surface area contributed by atoms with Gasteiger partial charge in [-0.05, 0) is 24.5 Å². The van der Waals surface area contributed by atoms with Gasteiger partial charge in [-0.2, -0.15) is 13.2 Å². The van der Waals surface area contributed by atoms with Crippen molar-refractivity contribution < 1.29 is 22.8 Å². The SMILES string of the molecule is C[C@H](CC(N)=O)C(=O)NCC1(c2cccc(C(F)(F)F)c2)CCC1. The lowest BCUT2D eigenvalue weighted by Crippen LogP contribution is -2.47. The summed E-state index contributed by atoms with van der Waals surface area (Å²) < 4.78 is 38.7. The van der Waals surface area contributed by atoms with Crippen molar-refractivity contribution in [2.75, 3.05) is 6.54 Å². The van der Waals surface area contributed by atoms with Crippen LogP contribution in [0.25, 0.3) is 0 Å². The quantitative estimate of drug-likeness (QED) is 0.834. The summed E-state index contributed by atoms with van der Waals surface area (Å²) in [4.78, 5) is 22.9. The van der Waals surface area contributed by atoms with Crippen molar-refractivity contribution in [3.8, 4) is 0 Å². The average molecular weight is 342 g/mol. The number of benzene rings is 1. The van der Waals surface area contributed by atoms with Crippen molar-refractivity contribution in [2.24, 2.45) is 11.7 Å². The van der Waals surface area contributed by atoms with E-state index in [9.17, 15) is 22.8 Å². The molecule has 1 aromatic carbocycles. The molecule has 0 aliphatic heterocycles.